The molecule has 0 radical (unpaired) electrons. The molecule has 21 heavy (non-hydrogen) atoms. The van der Waals surface area contributed by atoms with Crippen LogP contribution in [-0.2, 0) is 6.54 Å². The summed E-state index contributed by atoms with van der Waals surface area (Å²) >= 11 is 5.27. The maximum atomic E-state index is 4.50. The molecule has 0 saturated heterocycles. The molecule has 1 N–H and O–H groups in total. The summed E-state index contributed by atoms with van der Waals surface area (Å²) in [4.78, 5) is 8.01. The Kier molecular flexibility index (Phi) is 6.21. The van der Waals surface area contributed by atoms with E-state index < -0.39 is 0 Å². The summed E-state index contributed by atoms with van der Waals surface area (Å²) in [5, 5.41) is 5.63. The van der Waals surface area contributed by atoms with E-state index in [4.69, 9.17) is 0 Å². The Morgan fingerprint density at radius 2 is 2.24 bits per heavy atom. The van der Waals surface area contributed by atoms with Crippen LogP contribution in [0, 0.1) is 0 Å². The number of halogens is 1. The molecule has 0 saturated carbocycles. The number of nitrogens with one attached hydrogen (secondary N) is 1. The first kappa shape index (κ1) is 16.5. The van der Waals surface area contributed by atoms with Crippen LogP contribution in [0.15, 0.2) is 34.2 Å². The van der Waals surface area contributed by atoms with Gasteiger partial charge >= 0.3 is 0 Å². The monoisotopic (exact) mass is 367 g/mol. The first-order valence-electron chi connectivity index (χ1n) is 7.23. The van der Waals surface area contributed by atoms with Crippen LogP contribution in [0.5, 0.6) is 0 Å². The summed E-state index contributed by atoms with van der Waals surface area (Å²) in [5.74, 6) is 1.02. The maximum absolute atomic E-state index is 4.50. The van der Waals surface area contributed by atoms with Crippen LogP contribution < -0.4 is 10.2 Å². The third kappa shape index (κ3) is 4.80. The Labute approximate surface area is 139 Å². The molecule has 0 bridgehead atoms. The van der Waals surface area contributed by atoms with Gasteiger partial charge in [0.05, 0.1) is 6.54 Å². The molecular formula is C16H22BrN3S. The van der Waals surface area contributed by atoms with E-state index >= 15 is 0 Å². The van der Waals surface area contributed by atoms with Crippen molar-refractivity contribution in [2.45, 2.75) is 32.9 Å². The predicted octanol–water partition coefficient (Wildman–Crippen LogP) is 4.60. The molecule has 2 heterocycles. The Hall–Kier alpha value is -0.910. The molecule has 1 unspecified atom stereocenters. The lowest BCUT2D eigenvalue weighted by atomic mass is 10.1. The first-order chi connectivity index (χ1) is 10.1. The second-order valence-corrected chi connectivity index (χ2v) is 7.12. The van der Waals surface area contributed by atoms with Crippen LogP contribution in [0.2, 0.25) is 0 Å². The molecule has 0 fully saturated rings. The second-order valence-electron chi connectivity index (χ2n) is 5.21. The summed E-state index contributed by atoms with van der Waals surface area (Å²) in [5.41, 5.74) is 1.28. The third-order valence-electron chi connectivity index (χ3n) is 3.38. The first-order valence-corrected chi connectivity index (χ1v) is 8.90. The third-order valence-corrected chi connectivity index (χ3v) is 5.06. The zero-order chi connectivity index (χ0) is 15.2. The molecular weight excluding hydrogens is 346 g/mol. The highest BCUT2D eigenvalue weighted by Crippen LogP contribution is 2.23. The average Bonchev–Trinajstić information content (AvgIpc) is 2.90. The van der Waals surface area contributed by atoms with Crippen molar-refractivity contribution in [3.63, 3.8) is 0 Å². The molecule has 2 aromatic rings. The minimum Gasteiger partial charge on any atom is -0.355 e. The Morgan fingerprint density at radius 1 is 1.43 bits per heavy atom. The summed E-state index contributed by atoms with van der Waals surface area (Å²) in [6.45, 7) is 6.30. The lowest BCUT2D eigenvalue weighted by Crippen LogP contribution is -2.21. The van der Waals surface area contributed by atoms with Gasteiger partial charge in [-0.3, -0.25) is 0 Å². The molecule has 0 aromatic carbocycles. The molecule has 2 aromatic heterocycles. The average molecular weight is 368 g/mol. The van der Waals surface area contributed by atoms with Crippen LogP contribution in [0.3, 0.4) is 0 Å². The topological polar surface area (TPSA) is 28.2 Å². The molecule has 1 atom stereocenters. The number of hydrogen-bond donors (Lipinski definition) is 1. The highest BCUT2D eigenvalue weighted by atomic mass is 79.9. The van der Waals surface area contributed by atoms with Gasteiger partial charge in [-0.25, -0.2) is 4.98 Å². The van der Waals surface area contributed by atoms with Crippen molar-refractivity contribution < 1.29 is 0 Å². The van der Waals surface area contributed by atoms with Crippen molar-refractivity contribution in [2.24, 2.45) is 0 Å². The number of rotatable bonds is 7. The fourth-order valence-electron chi connectivity index (χ4n) is 2.14. The Morgan fingerprint density at radius 3 is 2.90 bits per heavy atom. The van der Waals surface area contributed by atoms with Crippen molar-refractivity contribution in [3.8, 4) is 0 Å². The maximum Gasteiger partial charge on any atom is 0.128 e. The van der Waals surface area contributed by atoms with E-state index in [2.05, 4.69) is 75.6 Å². The van der Waals surface area contributed by atoms with Gasteiger partial charge < -0.3 is 10.2 Å². The van der Waals surface area contributed by atoms with Gasteiger partial charge in [-0.2, -0.15) is 0 Å². The molecule has 0 aliphatic heterocycles. The van der Waals surface area contributed by atoms with Crippen molar-refractivity contribution in [1.82, 2.24) is 10.3 Å². The number of anilines is 1. The van der Waals surface area contributed by atoms with E-state index in [9.17, 15) is 0 Å². The van der Waals surface area contributed by atoms with Gasteiger partial charge in [-0.05, 0) is 59.6 Å². The molecule has 0 amide bonds. The molecule has 3 nitrogen and oxygen atoms in total. The summed E-state index contributed by atoms with van der Waals surface area (Å²) in [6.07, 6.45) is 3.05. The van der Waals surface area contributed by atoms with E-state index in [-0.39, 0.29) is 0 Å². The summed E-state index contributed by atoms with van der Waals surface area (Å²) in [6, 6.07) is 6.79. The smallest absolute Gasteiger partial charge is 0.128 e. The lowest BCUT2D eigenvalue weighted by Gasteiger charge is -2.20. The fourth-order valence-corrected chi connectivity index (χ4v) is 3.65. The zero-order valence-corrected chi connectivity index (χ0v) is 15.2. The van der Waals surface area contributed by atoms with Crippen LogP contribution in [0.1, 0.15) is 36.8 Å². The van der Waals surface area contributed by atoms with Gasteiger partial charge in [-0.1, -0.05) is 6.92 Å². The Balaban J connectivity index is 2.05. The number of pyridine rings is 1. The lowest BCUT2D eigenvalue weighted by molar-refractivity contribution is 0.570. The van der Waals surface area contributed by atoms with E-state index in [0.717, 1.165) is 29.8 Å². The van der Waals surface area contributed by atoms with Crippen molar-refractivity contribution >= 4 is 33.1 Å². The standard InChI is InChI=1S/C16H22BrN3S/c1-4-6-18-12(2)13-5-7-19-16(8-13)20(3)10-15-9-14(17)11-21-15/h5,7-9,11-12,18H,4,6,10H2,1-3H3. The molecule has 2 rings (SSSR count). The number of thiophene rings is 1. The molecule has 5 heteroatoms. The van der Waals surface area contributed by atoms with Crippen molar-refractivity contribution in [3.05, 3.63) is 44.7 Å². The van der Waals surface area contributed by atoms with Crippen LogP contribution in [-0.4, -0.2) is 18.6 Å². The Bertz CT molecular complexity index is 570. The van der Waals surface area contributed by atoms with Gasteiger partial charge in [0.15, 0.2) is 0 Å². The fraction of sp³-hybridized carbons (Fsp3) is 0.438. The molecule has 0 aliphatic rings. The molecule has 0 spiro atoms. The van der Waals surface area contributed by atoms with Crippen LogP contribution in [0.25, 0.3) is 0 Å². The van der Waals surface area contributed by atoms with Gasteiger partial charge in [0, 0.05) is 34.0 Å². The number of aromatic nitrogens is 1. The normalized spacial score (nSPS) is 12.4. The zero-order valence-electron chi connectivity index (χ0n) is 12.8. The quantitative estimate of drug-likeness (QED) is 0.774. The summed E-state index contributed by atoms with van der Waals surface area (Å²) < 4.78 is 1.15. The molecule has 114 valence electrons. The van der Waals surface area contributed by atoms with Crippen molar-refractivity contribution in [1.29, 1.82) is 0 Å². The minimum atomic E-state index is 0.357. The van der Waals surface area contributed by atoms with Gasteiger partial charge in [0.25, 0.3) is 0 Å². The van der Waals surface area contributed by atoms with Gasteiger partial charge in [0.1, 0.15) is 5.82 Å². The van der Waals surface area contributed by atoms with E-state index in [1.54, 1.807) is 11.3 Å². The van der Waals surface area contributed by atoms with Crippen LogP contribution >= 0.6 is 27.3 Å². The predicted molar refractivity (Wildman–Crippen MR) is 95.1 cm³/mol. The number of nitrogens with zero attached hydrogens (tertiary/aromatic N) is 2. The van der Waals surface area contributed by atoms with E-state index in [1.165, 1.54) is 10.4 Å². The second kappa shape index (κ2) is 7.92. The number of hydrogen-bond acceptors (Lipinski definition) is 4. The van der Waals surface area contributed by atoms with Crippen molar-refractivity contribution in [2.75, 3.05) is 18.5 Å². The SMILES string of the molecule is CCCNC(C)c1ccnc(N(C)Cc2cc(Br)cs2)c1. The van der Waals surface area contributed by atoms with Crippen LogP contribution in [0.4, 0.5) is 5.82 Å². The molecule has 0 aliphatic carbocycles. The van der Waals surface area contributed by atoms with Gasteiger partial charge in [0.2, 0.25) is 0 Å². The van der Waals surface area contributed by atoms with E-state index in [0.29, 0.717) is 6.04 Å². The van der Waals surface area contributed by atoms with E-state index in [1.807, 2.05) is 6.20 Å². The summed E-state index contributed by atoms with van der Waals surface area (Å²) in [7, 11) is 2.09. The van der Waals surface area contributed by atoms with Gasteiger partial charge in [-0.15, -0.1) is 11.3 Å². The highest BCUT2D eigenvalue weighted by Gasteiger charge is 2.09. The largest absolute Gasteiger partial charge is 0.355 e. The highest BCUT2D eigenvalue weighted by molar-refractivity contribution is 9.10. The minimum absolute atomic E-state index is 0.357.